The molecule has 0 aromatic heterocycles. The Kier molecular flexibility index (Phi) is 4.54. The number of halogens is 4. The van der Waals surface area contributed by atoms with Gasteiger partial charge in [-0.05, 0) is 6.92 Å². The quantitative estimate of drug-likeness (QED) is 0.671. The highest BCUT2D eigenvalue weighted by molar-refractivity contribution is 7.89. The molecule has 1 rings (SSSR count). The van der Waals surface area contributed by atoms with Gasteiger partial charge in [-0.15, -0.1) is 0 Å². The fourth-order valence-corrected chi connectivity index (χ4v) is 2.80. The van der Waals surface area contributed by atoms with E-state index < -0.39 is 44.2 Å². The van der Waals surface area contributed by atoms with Crippen molar-refractivity contribution in [3.8, 4) is 0 Å². The third-order valence-corrected chi connectivity index (χ3v) is 4.66. The summed E-state index contributed by atoms with van der Waals surface area (Å²) in [6.07, 6.45) is 0. The highest BCUT2D eigenvalue weighted by Crippen LogP contribution is 2.26. The first kappa shape index (κ1) is 15.9. The minimum atomic E-state index is -4.73. The summed E-state index contributed by atoms with van der Waals surface area (Å²) in [4.78, 5) is -1.66. The molecule has 0 radical (unpaired) electrons. The van der Waals surface area contributed by atoms with Crippen LogP contribution >= 0.6 is 0 Å². The Hall–Kier alpha value is -1.19. The van der Waals surface area contributed by atoms with Gasteiger partial charge in [0.05, 0.1) is 0 Å². The van der Waals surface area contributed by atoms with Gasteiger partial charge in [0.2, 0.25) is 10.0 Å². The second-order valence-electron chi connectivity index (χ2n) is 3.90. The summed E-state index contributed by atoms with van der Waals surface area (Å²) in [5.74, 6) is -7.50. The van der Waals surface area contributed by atoms with Crippen molar-refractivity contribution >= 4 is 10.0 Å². The molecule has 0 heterocycles. The molecule has 19 heavy (non-hydrogen) atoms. The lowest BCUT2D eigenvalue weighted by Gasteiger charge is -2.23. The number of rotatable bonds is 4. The Morgan fingerprint density at radius 3 is 2.00 bits per heavy atom. The van der Waals surface area contributed by atoms with Crippen molar-refractivity contribution in [1.29, 1.82) is 0 Å². The van der Waals surface area contributed by atoms with Crippen LogP contribution in [0.5, 0.6) is 0 Å². The summed E-state index contributed by atoms with van der Waals surface area (Å²) in [7, 11) is -3.72. The number of nitrogens with zero attached hydrogens (tertiary/aromatic N) is 1. The Balaban J connectivity index is 3.54. The van der Waals surface area contributed by atoms with Gasteiger partial charge in [-0.2, -0.15) is 4.31 Å². The SMILES string of the molecule is CC(CN)N(C)S(=O)(=O)c1c(F)c(F)cc(F)c1F. The molecule has 0 saturated carbocycles. The van der Waals surface area contributed by atoms with E-state index in [9.17, 15) is 26.0 Å². The van der Waals surface area contributed by atoms with E-state index in [1.54, 1.807) is 0 Å². The van der Waals surface area contributed by atoms with E-state index in [1.165, 1.54) is 6.92 Å². The molecule has 2 N–H and O–H groups in total. The number of likely N-dealkylation sites (N-methyl/N-ethyl adjacent to an activating group) is 1. The first-order chi connectivity index (χ1) is 8.64. The predicted octanol–water partition coefficient (Wildman–Crippen LogP) is 1.21. The fourth-order valence-electron chi connectivity index (χ4n) is 1.31. The van der Waals surface area contributed by atoms with Crippen LogP contribution in [0.15, 0.2) is 11.0 Å². The molecule has 0 bridgehead atoms. The average Bonchev–Trinajstić information content (AvgIpc) is 2.34. The van der Waals surface area contributed by atoms with E-state index in [0.717, 1.165) is 7.05 Å². The van der Waals surface area contributed by atoms with Gasteiger partial charge < -0.3 is 5.73 Å². The Labute approximate surface area is 107 Å². The lowest BCUT2D eigenvalue weighted by molar-refractivity contribution is 0.375. The molecular weight excluding hydrogens is 288 g/mol. The maximum Gasteiger partial charge on any atom is 0.249 e. The summed E-state index contributed by atoms with van der Waals surface area (Å²) >= 11 is 0. The van der Waals surface area contributed by atoms with Crippen LogP contribution in [0.25, 0.3) is 0 Å². The van der Waals surface area contributed by atoms with Gasteiger partial charge in [-0.25, -0.2) is 26.0 Å². The van der Waals surface area contributed by atoms with Crippen LogP contribution < -0.4 is 5.73 Å². The molecule has 0 aliphatic rings. The normalized spacial score (nSPS) is 13.9. The van der Waals surface area contributed by atoms with E-state index in [2.05, 4.69) is 0 Å². The fraction of sp³-hybridized carbons (Fsp3) is 0.400. The summed E-state index contributed by atoms with van der Waals surface area (Å²) < 4.78 is 77.3. The molecule has 1 unspecified atom stereocenters. The molecule has 0 spiro atoms. The van der Waals surface area contributed by atoms with Gasteiger partial charge in [0.1, 0.15) is 0 Å². The molecule has 0 saturated heterocycles. The van der Waals surface area contributed by atoms with Crippen molar-refractivity contribution in [2.24, 2.45) is 5.73 Å². The summed E-state index contributed by atoms with van der Waals surface area (Å²) in [6.45, 7) is 1.25. The van der Waals surface area contributed by atoms with Crippen LogP contribution in [0.3, 0.4) is 0 Å². The monoisotopic (exact) mass is 300 g/mol. The van der Waals surface area contributed by atoms with Gasteiger partial charge in [0.15, 0.2) is 28.2 Å². The molecule has 108 valence electrons. The summed E-state index contributed by atoms with van der Waals surface area (Å²) in [5.41, 5.74) is 5.24. The van der Waals surface area contributed by atoms with Crippen LogP contribution in [0, 0.1) is 23.3 Å². The van der Waals surface area contributed by atoms with E-state index in [1.807, 2.05) is 0 Å². The summed E-state index contributed by atoms with van der Waals surface area (Å²) in [5, 5.41) is 0. The molecule has 1 aromatic rings. The smallest absolute Gasteiger partial charge is 0.249 e. The molecule has 0 fully saturated rings. The zero-order valence-corrected chi connectivity index (χ0v) is 10.9. The zero-order chi connectivity index (χ0) is 15.0. The number of sulfonamides is 1. The van der Waals surface area contributed by atoms with Crippen molar-refractivity contribution in [2.75, 3.05) is 13.6 Å². The van der Waals surface area contributed by atoms with Crippen LogP contribution in [0.1, 0.15) is 6.92 Å². The van der Waals surface area contributed by atoms with Crippen molar-refractivity contribution in [3.05, 3.63) is 29.3 Å². The van der Waals surface area contributed by atoms with Crippen LogP contribution in [-0.2, 0) is 10.0 Å². The molecule has 9 heteroatoms. The molecule has 1 atom stereocenters. The molecular formula is C10H12F4N2O2S. The average molecular weight is 300 g/mol. The van der Waals surface area contributed by atoms with Crippen molar-refractivity contribution in [3.63, 3.8) is 0 Å². The third kappa shape index (κ3) is 2.72. The van der Waals surface area contributed by atoms with Gasteiger partial charge in [-0.3, -0.25) is 0 Å². The topological polar surface area (TPSA) is 63.4 Å². The number of benzene rings is 1. The molecule has 0 aliphatic carbocycles. The van der Waals surface area contributed by atoms with E-state index in [0.29, 0.717) is 4.31 Å². The van der Waals surface area contributed by atoms with Crippen molar-refractivity contribution in [2.45, 2.75) is 17.9 Å². The maximum absolute atomic E-state index is 13.4. The molecule has 0 amide bonds. The number of hydrogen-bond donors (Lipinski definition) is 1. The van der Waals surface area contributed by atoms with Gasteiger partial charge >= 0.3 is 0 Å². The van der Waals surface area contributed by atoms with E-state index >= 15 is 0 Å². The second-order valence-corrected chi connectivity index (χ2v) is 5.84. The Morgan fingerprint density at radius 2 is 1.63 bits per heavy atom. The first-order valence-electron chi connectivity index (χ1n) is 5.15. The molecule has 1 aromatic carbocycles. The standard InChI is InChI=1S/C10H12F4N2O2S/c1-5(4-15)16(2)19(17,18)10-8(13)6(11)3-7(12)9(10)14/h3,5H,4,15H2,1-2H3. The first-order valence-corrected chi connectivity index (χ1v) is 6.59. The lowest BCUT2D eigenvalue weighted by atomic mass is 10.3. The van der Waals surface area contributed by atoms with E-state index in [-0.39, 0.29) is 12.6 Å². The van der Waals surface area contributed by atoms with Crippen LogP contribution in [0.4, 0.5) is 17.6 Å². The zero-order valence-electron chi connectivity index (χ0n) is 10.1. The number of hydrogen-bond acceptors (Lipinski definition) is 3. The minimum Gasteiger partial charge on any atom is -0.329 e. The maximum atomic E-state index is 13.4. The minimum absolute atomic E-state index is 0.0595. The highest BCUT2D eigenvalue weighted by atomic mass is 32.2. The second kappa shape index (κ2) is 5.43. The molecule has 0 aliphatic heterocycles. The Morgan fingerprint density at radius 1 is 1.21 bits per heavy atom. The molecule has 4 nitrogen and oxygen atoms in total. The lowest BCUT2D eigenvalue weighted by Crippen LogP contribution is -2.40. The van der Waals surface area contributed by atoms with Gasteiger partial charge in [-0.1, -0.05) is 0 Å². The summed E-state index contributed by atoms with van der Waals surface area (Å²) in [6, 6.07) is -0.856. The Bertz CT molecular complexity index is 565. The highest BCUT2D eigenvalue weighted by Gasteiger charge is 2.34. The van der Waals surface area contributed by atoms with Crippen molar-refractivity contribution < 1.29 is 26.0 Å². The van der Waals surface area contributed by atoms with Crippen molar-refractivity contribution in [1.82, 2.24) is 4.31 Å². The van der Waals surface area contributed by atoms with Gasteiger partial charge in [0, 0.05) is 25.7 Å². The number of nitrogens with two attached hydrogens (primary N) is 1. The third-order valence-electron chi connectivity index (χ3n) is 2.67. The van der Waals surface area contributed by atoms with Crippen LogP contribution in [0.2, 0.25) is 0 Å². The predicted molar refractivity (Wildman–Crippen MR) is 59.7 cm³/mol. The van der Waals surface area contributed by atoms with E-state index in [4.69, 9.17) is 5.73 Å². The largest absolute Gasteiger partial charge is 0.329 e. The van der Waals surface area contributed by atoms with Gasteiger partial charge in [0.25, 0.3) is 0 Å². The van der Waals surface area contributed by atoms with Crippen LogP contribution in [-0.4, -0.2) is 32.4 Å².